The van der Waals surface area contributed by atoms with Crippen LogP contribution in [0.5, 0.6) is 0 Å². The van der Waals surface area contributed by atoms with Crippen molar-refractivity contribution in [2.24, 2.45) is 0 Å². The number of hydrogen-bond donors (Lipinski definition) is 4. The number of carboxylic acid groups (broad SMARTS) is 1. The molecular formula is C40H43N7O5. The largest absolute Gasteiger partial charge is 0.465 e. The monoisotopic (exact) mass is 701 g/mol. The molecule has 2 saturated heterocycles. The summed E-state index contributed by atoms with van der Waals surface area (Å²) >= 11 is 0. The molecule has 12 nitrogen and oxygen atoms in total. The number of benzene rings is 3. The van der Waals surface area contributed by atoms with Gasteiger partial charge in [0.1, 0.15) is 23.8 Å². The molecule has 268 valence electrons. The standard InChI is InChI=1S/C40H43N7O5/c1-3-34(48)38(49)46-21-7-11-32(46)36-41-23-30(43-36)27-17-13-25(14-18-27)26-15-19-28(20-16-26)31-24-42-37(44-31)33-12-8-22-47(33)39(50)35(45(2)40(51)52)29-9-5-4-6-10-29/h4-6,9-10,13-20,23-24,32-35,48H,3,7-8,11-12,21-22H2,1-2H3,(H,41,43)(H,42,44)(H,51,52)/t32?,33-,34-,35+/m0/s1. The van der Waals surface area contributed by atoms with Crippen LogP contribution in [0.2, 0.25) is 0 Å². The number of amides is 3. The van der Waals surface area contributed by atoms with Crippen LogP contribution in [0.4, 0.5) is 4.79 Å². The van der Waals surface area contributed by atoms with E-state index in [4.69, 9.17) is 0 Å². The molecule has 2 aromatic heterocycles. The molecule has 4 heterocycles. The highest BCUT2D eigenvalue weighted by Gasteiger charge is 2.39. The smallest absolute Gasteiger partial charge is 0.407 e. The molecule has 0 saturated carbocycles. The minimum absolute atomic E-state index is 0.163. The molecule has 7 rings (SSSR count). The van der Waals surface area contributed by atoms with Crippen LogP contribution < -0.4 is 0 Å². The lowest BCUT2D eigenvalue weighted by molar-refractivity contribution is -0.141. The SMILES string of the molecule is CC[C@H](O)C(=O)N1CCCC1c1ncc(-c2ccc(-c3ccc(-c4cnc([C@@H]5CCCN5C(=O)[C@@H](c5ccccc5)N(C)C(=O)O)[nH]4)cc3)cc2)[nH]1. The molecule has 1 unspecified atom stereocenters. The van der Waals surface area contributed by atoms with Gasteiger partial charge in [0.15, 0.2) is 0 Å². The van der Waals surface area contributed by atoms with E-state index in [9.17, 15) is 24.6 Å². The average molecular weight is 702 g/mol. The topological polar surface area (TPSA) is 159 Å². The Morgan fingerprint density at radius 3 is 1.67 bits per heavy atom. The van der Waals surface area contributed by atoms with E-state index < -0.39 is 18.2 Å². The van der Waals surface area contributed by atoms with E-state index in [2.05, 4.69) is 44.2 Å². The average Bonchev–Trinajstić information content (AvgIpc) is 4.01. The van der Waals surface area contributed by atoms with Crippen molar-refractivity contribution >= 4 is 17.9 Å². The predicted molar refractivity (Wildman–Crippen MR) is 196 cm³/mol. The van der Waals surface area contributed by atoms with Crippen molar-refractivity contribution in [3.63, 3.8) is 0 Å². The van der Waals surface area contributed by atoms with Crippen LogP contribution in [0.15, 0.2) is 91.3 Å². The first-order valence-electron chi connectivity index (χ1n) is 17.8. The summed E-state index contributed by atoms with van der Waals surface area (Å²) in [6.07, 6.45) is 5.03. The lowest BCUT2D eigenvalue weighted by Gasteiger charge is -2.32. The van der Waals surface area contributed by atoms with Crippen LogP contribution in [0.3, 0.4) is 0 Å². The highest BCUT2D eigenvalue weighted by molar-refractivity contribution is 5.87. The number of hydrogen-bond acceptors (Lipinski definition) is 6. The highest BCUT2D eigenvalue weighted by atomic mass is 16.4. The number of carbonyl (C=O) groups excluding carboxylic acids is 2. The lowest BCUT2D eigenvalue weighted by Crippen LogP contribution is -2.43. The minimum atomic E-state index is -1.17. The van der Waals surface area contributed by atoms with Gasteiger partial charge < -0.3 is 30.0 Å². The Balaban J connectivity index is 1.03. The number of nitrogens with one attached hydrogen (secondary N) is 2. The first-order valence-corrected chi connectivity index (χ1v) is 17.8. The van der Waals surface area contributed by atoms with Crippen molar-refractivity contribution < 1.29 is 24.6 Å². The first kappa shape index (κ1) is 34.7. The summed E-state index contributed by atoms with van der Waals surface area (Å²) in [5, 5.41) is 19.9. The van der Waals surface area contributed by atoms with E-state index in [1.807, 2.05) is 30.3 Å². The highest BCUT2D eigenvalue weighted by Crippen LogP contribution is 2.36. The van der Waals surface area contributed by atoms with Crippen molar-refractivity contribution in [3.8, 4) is 33.6 Å². The molecule has 0 spiro atoms. The molecule has 4 atom stereocenters. The van der Waals surface area contributed by atoms with Gasteiger partial charge in [0.05, 0.1) is 35.9 Å². The third kappa shape index (κ3) is 6.81. The second kappa shape index (κ2) is 14.8. The van der Waals surface area contributed by atoms with Gasteiger partial charge in [0.25, 0.3) is 11.8 Å². The molecule has 0 bridgehead atoms. The molecule has 2 fully saturated rings. The van der Waals surface area contributed by atoms with Crippen LogP contribution >= 0.6 is 0 Å². The maximum absolute atomic E-state index is 13.9. The van der Waals surface area contributed by atoms with Gasteiger partial charge in [-0.25, -0.2) is 14.8 Å². The van der Waals surface area contributed by atoms with E-state index >= 15 is 0 Å². The van der Waals surface area contributed by atoms with Gasteiger partial charge in [-0.2, -0.15) is 0 Å². The molecule has 52 heavy (non-hydrogen) atoms. The fourth-order valence-electron chi connectivity index (χ4n) is 7.42. The summed E-state index contributed by atoms with van der Waals surface area (Å²) in [5.41, 5.74) is 6.38. The van der Waals surface area contributed by atoms with Gasteiger partial charge >= 0.3 is 6.09 Å². The fraction of sp³-hybridized carbons (Fsp3) is 0.325. The zero-order valence-corrected chi connectivity index (χ0v) is 29.3. The van der Waals surface area contributed by atoms with Crippen LogP contribution in [0, 0.1) is 0 Å². The summed E-state index contributed by atoms with van der Waals surface area (Å²) in [6, 6.07) is 24.0. The maximum Gasteiger partial charge on any atom is 0.407 e. The second-order valence-corrected chi connectivity index (χ2v) is 13.5. The van der Waals surface area contributed by atoms with E-state index in [1.165, 1.54) is 7.05 Å². The number of aliphatic hydroxyl groups excluding tert-OH is 1. The first-order chi connectivity index (χ1) is 25.2. The molecule has 5 aromatic rings. The molecular weight excluding hydrogens is 658 g/mol. The Kier molecular flexibility index (Phi) is 9.90. The molecule has 2 aliphatic rings. The van der Waals surface area contributed by atoms with Gasteiger partial charge in [0, 0.05) is 20.1 Å². The summed E-state index contributed by atoms with van der Waals surface area (Å²) in [6.45, 7) is 2.95. The predicted octanol–water partition coefficient (Wildman–Crippen LogP) is 6.58. The molecule has 3 amide bonds. The van der Waals surface area contributed by atoms with Crippen LogP contribution in [-0.2, 0) is 9.59 Å². The van der Waals surface area contributed by atoms with Gasteiger partial charge in [-0.1, -0.05) is 85.8 Å². The van der Waals surface area contributed by atoms with E-state index in [0.29, 0.717) is 30.9 Å². The summed E-state index contributed by atoms with van der Waals surface area (Å²) in [5.74, 6) is 0.914. The Hall–Kier alpha value is -5.75. The number of H-pyrrole nitrogens is 2. The van der Waals surface area contributed by atoms with Crippen LogP contribution in [0.1, 0.15) is 74.4 Å². The Labute approximate surface area is 302 Å². The van der Waals surface area contributed by atoms with Gasteiger partial charge in [-0.15, -0.1) is 0 Å². The molecule has 2 aliphatic heterocycles. The number of likely N-dealkylation sites (N-methyl/N-ethyl adjacent to an activating group) is 1. The van der Waals surface area contributed by atoms with Crippen LogP contribution in [-0.4, -0.2) is 89.0 Å². The Bertz CT molecular complexity index is 2020. The van der Waals surface area contributed by atoms with E-state index in [0.717, 1.165) is 70.0 Å². The third-order valence-corrected chi connectivity index (χ3v) is 10.3. The van der Waals surface area contributed by atoms with Crippen molar-refractivity contribution in [2.45, 2.75) is 63.3 Å². The number of aliphatic hydroxyl groups is 1. The number of rotatable bonds is 10. The zero-order valence-electron chi connectivity index (χ0n) is 29.3. The number of carbonyl (C=O) groups is 3. The molecule has 0 radical (unpaired) electrons. The summed E-state index contributed by atoms with van der Waals surface area (Å²) in [4.78, 5) is 59.2. The Morgan fingerprint density at radius 2 is 1.21 bits per heavy atom. The normalized spacial score (nSPS) is 18.4. The van der Waals surface area contributed by atoms with E-state index in [-0.39, 0.29) is 23.9 Å². The minimum Gasteiger partial charge on any atom is -0.465 e. The number of aromatic nitrogens is 4. The van der Waals surface area contributed by atoms with Crippen molar-refractivity contribution in [2.75, 3.05) is 20.1 Å². The molecule has 4 N–H and O–H groups in total. The van der Waals surface area contributed by atoms with Crippen molar-refractivity contribution in [1.82, 2.24) is 34.6 Å². The lowest BCUT2D eigenvalue weighted by atomic mass is 10.0. The third-order valence-electron chi connectivity index (χ3n) is 10.3. The maximum atomic E-state index is 13.9. The van der Waals surface area contributed by atoms with Gasteiger partial charge in [-0.05, 0) is 59.9 Å². The number of aromatic amines is 2. The quantitative estimate of drug-likeness (QED) is 0.128. The van der Waals surface area contributed by atoms with Gasteiger partial charge in [-0.3, -0.25) is 14.5 Å². The molecule has 12 heteroatoms. The molecule has 0 aliphatic carbocycles. The van der Waals surface area contributed by atoms with Crippen LogP contribution in [0.25, 0.3) is 33.6 Å². The summed E-state index contributed by atoms with van der Waals surface area (Å²) in [7, 11) is 1.43. The number of imidazole rings is 2. The fourth-order valence-corrected chi connectivity index (χ4v) is 7.42. The number of likely N-dealkylation sites (tertiary alicyclic amines) is 2. The van der Waals surface area contributed by atoms with Crippen molar-refractivity contribution in [1.29, 1.82) is 0 Å². The Morgan fingerprint density at radius 1 is 0.750 bits per heavy atom. The molecule has 3 aromatic carbocycles. The zero-order chi connectivity index (χ0) is 36.4. The summed E-state index contributed by atoms with van der Waals surface area (Å²) < 4.78 is 0. The van der Waals surface area contributed by atoms with Gasteiger partial charge in [0.2, 0.25) is 0 Å². The van der Waals surface area contributed by atoms with Crippen molar-refractivity contribution in [3.05, 3.63) is 108 Å². The number of nitrogens with zero attached hydrogens (tertiary/aromatic N) is 5. The van der Waals surface area contributed by atoms with E-state index in [1.54, 1.807) is 53.4 Å². The second-order valence-electron chi connectivity index (χ2n) is 13.5.